The molecule has 2 heterocycles. The Labute approximate surface area is 133 Å². The van der Waals surface area contributed by atoms with Gasteiger partial charge >= 0.3 is 6.03 Å². The fraction of sp³-hybridized carbons (Fsp3) is 0.467. The third-order valence-corrected chi connectivity index (χ3v) is 4.68. The van der Waals surface area contributed by atoms with Crippen LogP contribution in [-0.2, 0) is 11.3 Å². The molecule has 0 N–H and O–H groups in total. The van der Waals surface area contributed by atoms with Gasteiger partial charge in [-0.1, -0.05) is 17.7 Å². The lowest BCUT2D eigenvalue weighted by Gasteiger charge is -2.38. The van der Waals surface area contributed by atoms with Crippen molar-refractivity contribution >= 4 is 23.5 Å². The van der Waals surface area contributed by atoms with Gasteiger partial charge in [0.05, 0.1) is 6.04 Å². The van der Waals surface area contributed by atoms with Crippen molar-refractivity contribution in [2.75, 3.05) is 20.1 Å². The molecular formula is C15H17ClFN3O2. The van der Waals surface area contributed by atoms with Gasteiger partial charge in [-0.3, -0.25) is 4.79 Å². The molecule has 0 unspecified atom stereocenters. The van der Waals surface area contributed by atoms with E-state index < -0.39 is 11.9 Å². The van der Waals surface area contributed by atoms with Gasteiger partial charge in [-0.25, -0.2) is 9.18 Å². The lowest BCUT2D eigenvalue weighted by molar-refractivity contribution is -0.139. The van der Waals surface area contributed by atoms with Gasteiger partial charge in [0, 0.05) is 31.7 Å². The van der Waals surface area contributed by atoms with Crippen LogP contribution in [0.25, 0.3) is 0 Å². The molecule has 0 bridgehead atoms. The highest BCUT2D eigenvalue weighted by Crippen LogP contribution is 2.27. The second kappa shape index (κ2) is 5.43. The fourth-order valence-electron chi connectivity index (χ4n) is 3.20. The van der Waals surface area contributed by atoms with Gasteiger partial charge in [0.25, 0.3) is 0 Å². The lowest BCUT2D eigenvalue weighted by Crippen LogP contribution is -2.58. The number of fused-ring (bicyclic) bond motifs is 1. The van der Waals surface area contributed by atoms with Crippen LogP contribution in [0.2, 0.25) is 5.02 Å². The molecule has 3 amide bonds. The highest BCUT2D eigenvalue weighted by molar-refractivity contribution is 6.31. The standard InChI is InChI=1S/C15H17ClFN3O2/c1-9-14(21)18(2)7-12-8-19(15(22)20(9)12)6-10-3-4-11(17)5-13(10)16/h3-5,9,12H,6-8H2,1-2H3/t9-,12-/m0/s1. The largest absolute Gasteiger partial charge is 0.342 e. The molecule has 1 aromatic rings. The van der Waals surface area contributed by atoms with E-state index in [-0.39, 0.29) is 18.0 Å². The number of carbonyl (C=O) groups is 2. The van der Waals surface area contributed by atoms with Crippen molar-refractivity contribution < 1.29 is 14.0 Å². The van der Waals surface area contributed by atoms with E-state index in [0.717, 1.165) is 0 Å². The maximum absolute atomic E-state index is 13.1. The maximum Gasteiger partial charge on any atom is 0.321 e. The maximum atomic E-state index is 13.1. The molecule has 1 aromatic carbocycles. The Morgan fingerprint density at radius 3 is 2.73 bits per heavy atom. The van der Waals surface area contributed by atoms with E-state index in [9.17, 15) is 14.0 Å². The van der Waals surface area contributed by atoms with Gasteiger partial charge in [-0.15, -0.1) is 0 Å². The SMILES string of the molecule is C[C@H]1C(=O)N(C)C[C@H]2CN(Cc3ccc(F)cc3Cl)C(=O)N21. The summed E-state index contributed by atoms with van der Waals surface area (Å²) in [6.07, 6.45) is 0. The highest BCUT2D eigenvalue weighted by atomic mass is 35.5. The predicted molar refractivity (Wildman–Crippen MR) is 79.9 cm³/mol. The van der Waals surface area contributed by atoms with Crippen molar-refractivity contribution in [1.29, 1.82) is 0 Å². The van der Waals surface area contributed by atoms with Crippen molar-refractivity contribution in [2.24, 2.45) is 0 Å². The van der Waals surface area contributed by atoms with E-state index in [2.05, 4.69) is 0 Å². The second-order valence-corrected chi connectivity index (χ2v) is 6.26. The molecule has 2 atom stereocenters. The molecule has 3 rings (SSSR count). The number of urea groups is 1. The van der Waals surface area contributed by atoms with E-state index in [1.165, 1.54) is 12.1 Å². The predicted octanol–water partition coefficient (Wildman–Crippen LogP) is 1.95. The van der Waals surface area contributed by atoms with Crippen LogP contribution in [-0.4, -0.2) is 58.9 Å². The first kappa shape index (κ1) is 15.1. The Morgan fingerprint density at radius 2 is 2.05 bits per heavy atom. The molecule has 22 heavy (non-hydrogen) atoms. The fourth-order valence-corrected chi connectivity index (χ4v) is 3.43. The molecule has 0 aliphatic carbocycles. The summed E-state index contributed by atoms with van der Waals surface area (Å²) in [6.45, 7) is 3.13. The molecule has 0 radical (unpaired) electrons. The summed E-state index contributed by atoms with van der Waals surface area (Å²) in [5, 5.41) is 0.305. The minimum absolute atomic E-state index is 0.00979. The van der Waals surface area contributed by atoms with E-state index in [1.807, 2.05) is 0 Å². The summed E-state index contributed by atoms with van der Waals surface area (Å²) in [4.78, 5) is 29.5. The number of halogens is 2. The number of hydrogen-bond donors (Lipinski definition) is 0. The van der Waals surface area contributed by atoms with Crippen LogP contribution >= 0.6 is 11.6 Å². The molecule has 5 nitrogen and oxygen atoms in total. The van der Waals surface area contributed by atoms with Crippen LogP contribution in [0.15, 0.2) is 18.2 Å². The zero-order valence-corrected chi connectivity index (χ0v) is 13.2. The molecule has 0 aromatic heterocycles. The van der Waals surface area contributed by atoms with Crippen LogP contribution in [0.5, 0.6) is 0 Å². The lowest BCUT2D eigenvalue weighted by atomic mass is 10.1. The summed E-state index contributed by atoms with van der Waals surface area (Å²) in [6, 6.07) is 3.52. The molecule has 2 saturated heterocycles. The number of piperazine rings is 1. The third-order valence-electron chi connectivity index (χ3n) is 4.33. The first-order valence-electron chi connectivity index (χ1n) is 7.14. The Kier molecular flexibility index (Phi) is 3.72. The Hall–Kier alpha value is -1.82. The number of rotatable bonds is 2. The topological polar surface area (TPSA) is 43.9 Å². The van der Waals surface area contributed by atoms with Crippen molar-refractivity contribution in [2.45, 2.75) is 25.6 Å². The molecule has 2 aliphatic rings. The molecule has 118 valence electrons. The average Bonchev–Trinajstić information content (AvgIpc) is 2.76. The Bertz CT molecular complexity index is 639. The van der Waals surface area contributed by atoms with Gasteiger partial charge in [-0.2, -0.15) is 0 Å². The summed E-state index contributed by atoms with van der Waals surface area (Å²) in [7, 11) is 1.75. The number of carbonyl (C=O) groups excluding carboxylic acids is 2. The molecule has 2 aliphatic heterocycles. The van der Waals surface area contributed by atoms with Crippen molar-refractivity contribution in [3.8, 4) is 0 Å². The van der Waals surface area contributed by atoms with E-state index in [1.54, 1.807) is 34.7 Å². The quantitative estimate of drug-likeness (QED) is 0.834. The normalized spacial score (nSPS) is 25.0. The molecule has 7 heteroatoms. The van der Waals surface area contributed by atoms with E-state index in [4.69, 9.17) is 11.6 Å². The molecule has 0 spiro atoms. The molecule has 0 saturated carbocycles. The summed E-state index contributed by atoms with van der Waals surface area (Å²) >= 11 is 6.03. The highest BCUT2D eigenvalue weighted by Gasteiger charge is 2.46. The van der Waals surface area contributed by atoms with Gasteiger partial charge in [0.1, 0.15) is 11.9 Å². The number of likely N-dealkylation sites (N-methyl/N-ethyl adjacent to an activating group) is 1. The third kappa shape index (κ3) is 2.41. The first-order valence-corrected chi connectivity index (χ1v) is 7.52. The van der Waals surface area contributed by atoms with Crippen molar-refractivity contribution in [3.05, 3.63) is 34.6 Å². The smallest absolute Gasteiger partial charge is 0.321 e. The van der Waals surface area contributed by atoms with Crippen LogP contribution in [0.3, 0.4) is 0 Å². The Balaban J connectivity index is 1.80. The number of amides is 3. The number of benzene rings is 1. The van der Waals surface area contributed by atoms with Crippen LogP contribution < -0.4 is 0 Å². The van der Waals surface area contributed by atoms with E-state index >= 15 is 0 Å². The van der Waals surface area contributed by atoms with E-state index in [0.29, 0.717) is 30.2 Å². The average molecular weight is 326 g/mol. The van der Waals surface area contributed by atoms with Gasteiger partial charge in [0.15, 0.2) is 0 Å². The zero-order chi connectivity index (χ0) is 16.0. The van der Waals surface area contributed by atoms with Gasteiger partial charge < -0.3 is 14.7 Å². The van der Waals surface area contributed by atoms with Crippen LogP contribution in [0, 0.1) is 5.82 Å². The zero-order valence-electron chi connectivity index (χ0n) is 12.4. The van der Waals surface area contributed by atoms with Crippen LogP contribution in [0.1, 0.15) is 12.5 Å². The Morgan fingerprint density at radius 1 is 1.32 bits per heavy atom. The summed E-state index contributed by atoms with van der Waals surface area (Å²) in [5.41, 5.74) is 0.698. The second-order valence-electron chi connectivity index (χ2n) is 5.85. The molecule has 2 fully saturated rings. The van der Waals surface area contributed by atoms with Crippen LogP contribution in [0.4, 0.5) is 9.18 Å². The summed E-state index contributed by atoms with van der Waals surface area (Å²) in [5.74, 6) is -0.453. The first-order chi connectivity index (χ1) is 10.4. The summed E-state index contributed by atoms with van der Waals surface area (Å²) < 4.78 is 13.1. The van der Waals surface area contributed by atoms with Gasteiger partial charge in [0.2, 0.25) is 5.91 Å². The number of nitrogens with zero attached hydrogens (tertiary/aromatic N) is 3. The van der Waals surface area contributed by atoms with Crippen molar-refractivity contribution in [3.63, 3.8) is 0 Å². The van der Waals surface area contributed by atoms with Crippen molar-refractivity contribution in [1.82, 2.24) is 14.7 Å². The monoisotopic (exact) mass is 325 g/mol. The molecular weight excluding hydrogens is 309 g/mol. The van der Waals surface area contributed by atoms with Gasteiger partial charge in [-0.05, 0) is 24.6 Å². The minimum atomic E-state index is -0.454. The minimum Gasteiger partial charge on any atom is -0.342 e. The number of hydrogen-bond acceptors (Lipinski definition) is 2.